The molecule has 8 heteroatoms. The maximum Gasteiger partial charge on any atom is 0.171 e. The van der Waals surface area contributed by atoms with Gasteiger partial charge in [0.05, 0.1) is 22.3 Å². The van der Waals surface area contributed by atoms with Gasteiger partial charge in [-0.15, -0.1) is 0 Å². The molecule has 0 fully saturated rings. The van der Waals surface area contributed by atoms with Gasteiger partial charge in [0.2, 0.25) is 0 Å². The van der Waals surface area contributed by atoms with Crippen LogP contribution in [0.5, 0.6) is 46.0 Å². The lowest BCUT2D eigenvalue weighted by Crippen LogP contribution is -2.27. The van der Waals surface area contributed by atoms with Crippen LogP contribution in [0, 0.1) is 45.3 Å². The quantitative estimate of drug-likeness (QED) is 0.172. The Morgan fingerprint density at radius 2 is 0.667 bits per heavy atom. The van der Waals surface area contributed by atoms with Crippen LogP contribution in [0.15, 0.2) is 48.5 Å². The highest BCUT2D eigenvalue weighted by molar-refractivity contribution is 5.70. The van der Waals surface area contributed by atoms with Crippen LogP contribution in [-0.2, 0) is 16.2 Å². The Morgan fingerprint density at radius 3 is 0.933 bits per heavy atom. The molecule has 8 nitrogen and oxygen atoms in total. The number of nitrogens with zero attached hydrogens (tertiary/aromatic N) is 4. The van der Waals surface area contributed by atoms with Crippen LogP contribution < -0.4 is 18.9 Å². The summed E-state index contributed by atoms with van der Waals surface area (Å²) >= 11 is 0. The van der Waals surface area contributed by atoms with Crippen molar-refractivity contribution in [2.45, 2.75) is 56.8 Å². The lowest BCUT2D eigenvalue weighted by molar-refractivity contribution is 0.347. The third-order valence-corrected chi connectivity index (χ3v) is 9.67. The molecule has 0 aromatic heterocycles. The highest BCUT2D eigenvalue weighted by atomic mass is 16.6. The van der Waals surface area contributed by atoms with Gasteiger partial charge in [-0.1, -0.05) is 27.7 Å². The summed E-state index contributed by atoms with van der Waals surface area (Å²) in [5, 5.41) is 38.1. The zero-order valence-corrected chi connectivity index (χ0v) is 25.0. The summed E-state index contributed by atoms with van der Waals surface area (Å²) in [6, 6.07) is 22.7. The molecule has 45 heavy (non-hydrogen) atoms. The molecule has 8 rings (SSSR count). The van der Waals surface area contributed by atoms with E-state index >= 15 is 0 Å². The molecule has 0 radical (unpaired) electrons. The van der Waals surface area contributed by atoms with E-state index in [9.17, 15) is 21.0 Å². The van der Waals surface area contributed by atoms with Crippen molar-refractivity contribution in [3.8, 4) is 70.3 Å². The summed E-state index contributed by atoms with van der Waals surface area (Å²) in [6.07, 6.45) is 1.69. The largest absolute Gasteiger partial charge is 0.449 e. The molecular formula is C37H24N4O4. The molecule has 4 aliphatic rings. The van der Waals surface area contributed by atoms with Crippen molar-refractivity contribution in [1.29, 1.82) is 21.0 Å². The van der Waals surface area contributed by atoms with Crippen LogP contribution in [0.25, 0.3) is 0 Å². The molecule has 4 aromatic rings. The van der Waals surface area contributed by atoms with Gasteiger partial charge in [-0.05, 0) is 70.2 Å². The standard InChI is InChI=1S/C37H24N4O4/c1-35(2)17-37(25-11-33-31(9-23(25)35)42-27-5-19(13-38)21(15-40)7-29(27)44-33)18-36(3,4)24-10-32-34(12-26(24)37)45-30-8-22(16-41)20(14-39)6-28(30)43-32/h5-12H,17-18H2,1-4H3. The van der Waals surface area contributed by atoms with E-state index in [4.69, 9.17) is 18.9 Å². The van der Waals surface area contributed by atoms with E-state index in [0.29, 0.717) is 46.0 Å². The molecule has 4 aromatic carbocycles. The van der Waals surface area contributed by atoms with Gasteiger partial charge in [0.25, 0.3) is 0 Å². The minimum Gasteiger partial charge on any atom is -0.449 e. The fourth-order valence-corrected chi connectivity index (χ4v) is 7.92. The fourth-order valence-electron chi connectivity index (χ4n) is 7.92. The average molecular weight is 589 g/mol. The van der Waals surface area contributed by atoms with Crippen LogP contribution in [0.3, 0.4) is 0 Å². The molecule has 2 aliphatic heterocycles. The van der Waals surface area contributed by atoms with Crippen LogP contribution in [-0.4, -0.2) is 0 Å². The third-order valence-electron chi connectivity index (χ3n) is 9.67. The Balaban J connectivity index is 1.27. The molecule has 0 saturated heterocycles. The van der Waals surface area contributed by atoms with Gasteiger partial charge in [-0.3, -0.25) is 0 Å². The number of nitriles is 4. The molecule has 2 aliphatic carbocycles. The van der Waals surface area contributed by atoms with Crippen molar-refractivity contribution in [1.82, 2.24) is 0 Å². The molecule has 0 N–H and O–H groups in total. The van der Waals surface area contributed by atoms with Crippen LogP contribution in [0.1, 0.15) is 85.0 Å². The monoisotopic (exact) mass is 588 g/mol. The van der Waals surface area contributed by atoms with Crippen molar-refractivity contribution >= 4 is 0 Å². The molecular weight excluding hydrogens is 564 g/mol. The summed E-state index contributed by atoms with van der Waals surface area (Å²) in [5.74, 6) is 3.85. The number of hydrogen-bond acceptors (Lipinski definition) is 8. The Morgan fingerprint density at radius 1 is 0.422 bits per heavy atom. The molecule has 0 unspecified atom stereocenters. The van der Waals surface area contributed by atoms with E-state index in [1.807, 2.05) is 0 Å². The molecule has 0 atom stereocenters. The lowest BCUT2D eigenvalue weighted by Gasteiger charge is -2.31. The fraction of sp³-hybridized carbons (Fsp3) is 0.243. The van der Waals surface area contributed by atoms with E-state index in [0.717, 1.165) is 35.1 Å². The van der Waals surface area contributed by atoms with Gasteiger partial charge in [0.1, 0.15) is 24.3 Å². The molecule has 1 spiro atoms. The van der Waals surface area contributed by atoms with E-state index in [2.05, 4.69) is 76.2 Å². The van der Waals surface area contributed by atoms with Gasteiger partial charge in [0, 0.05) is 29.7 Å². The van der Waals surface area contributed by atoms with Crippen molar-refractivity contribution in [3.05, 3.63) is 93.0 Å². The second kappa shape index (κ2) is 8.57. The van der Waals surface area contributed by atoms with Crippen LogP contribution in [0.4, 0.5) is 0 Å². The first-order chi connectivity index (χ1) is 21.5. The number of fused-ring (bicyclic) bond motifs is 8. The van der Waals surface area contributed by atoms with Gasteiger partial charge < -0.3 is 18.9 Å². The van der Waals surface area contributed by atoms with E-state index in [-0.39, 0.29) is 38.5 Å². The zero-order chi connectivity index (χ0) is 31.5. The number of benzene rings is 4. The number of ether oxygens (including phenoxy) is 4. The average Bonchev–Trinajstić information content (AvgIpc) is 3.37. The highest BCUT2D eigenvalue weighted by Crippen LogP contribution is 2.66. The maximum absolute atomic E-state index is 9.56. The van der Waals surface area contributed by atoms with E-state index < -0.39 is 0 Å². The Labute approximate surface area is 259 Å². The summed E-state index contributed by atoms with van der Waals surface area (Å²) in [6.45, 7) is 8.97. The second-order valence-corrected chi connectivity index (χ2v) is 13.4. The zero-order valence-electron chi connectivity index (χ0n) is 25.0. The van der Waals surface area contributed by atoms with E-state index in [1.165, 1.54) is 0 Å². The van der Waals surface area contributed by atoms with Crippen LogP contribution >= 0.6 is 0 Å². The Kier molecular flexibility index (Phi) is 5.08. The smallest absolute Gasteiger partial charge is 0.171 e. The van der Waals surface area contributed by atoms with Gasteiger partial charge in [-0.25, -0.2) is 0 Å². The Bertz CT molecular complexity index is 2080. The molecule has 216 valence electrons. The normalized spacial score (nSPS) is 17.4. The minimum atomic E-state index is -0.361. The second-order valence-electron chi connectivity index (χ2n) is 13.4. The first-order valence-electron chi connectivity index (χ1n) is 14.6. The number of rotatable bonds is 0. The van der Waals surface area contributed by atoms with Gasteiger partial charge >= 0.3 is 0 Å². The first kappa shape index (κ1) is 26.7. The SMILES string of the molecule is CC1(C)CC2(CC(C)(C)c3cc4c(cc32)Oc2cc(C#N)c(C#N)cc2O4)c2cc3c(cc21)Oc1cc(C#N)c(C#N)cc1O3. The Hall–Kier alpha value is -5.96. The topological polar surface area (TPSA) is 132 Å². The summed E-state index contributed by atoms with van der Waals surface area (Å²) in [5.41, 5.74) is 4.79. The lowest BCUT2D eigenvalue weighted by atomic mass is 9.72. The summed E-state index contributed by atoms with van der Waals surface area (Å²) in [7, 11) is 0. The van der Waals surface area contributed by atoms with Crippen LogP contribution in [0.2, 0.25) is 0 Å². The summed E-state index contributed by atoms with van der Waals surface area (Å²) in [4.78, 5) is 0. The predicted molar refractivity (Wildman–Crippen MR) is 161 cm³/mol. The molecule has 0 saturated carbocycles. The van der Waals surface area contributed by atoms with Gasteiger partial charge in [-0.2, -0.15) is 21.0 Å². The molecule has 2 heterocycles. The molecule has 0 bridgehead atoms. The maximum atomic E-state index is 9.56. The predicted octanol–water partition coefficient (Wildman–Crippen LogP) is 8.62. The molecule has 0 amide bonds. The van der Waals surface area contributed by atoms with Crippen molar-refractivity contribution < 1.29 is 18.9 Å². The summed E-state index contributed by atoms with van der Waals surface area (Å²) < 4.78 is 25.2. The van der Waals surface area contributed by atoms with Crippen molar-refractivity contribution in [3.63, 3.8) is 0 Å². The first-order valence-corrected chi connectivity index (χ1v) is 14.6. The third kappa shape index (κ3) is 3.55. The van der Waals surface area contributed by atoms with Gasteiger partial charge in [0.15, 0.2) is 46.0 Å². The highest BCUT2D eigenvalue weighted by Gasteiger charge is 2.57. The minimum absolute atomic E-state index is 0.205. The van der Waals surface area contributed by atoms with Crippen molar-refractivity contribution in [2.24, 2.45) is 0 Å². The van der Waals surface area contributed by atoms with Crippen molar-refractivity contribution in [2.75, 3.05) is 0 Å². The number of hydrogen-bond donors (Lipinski definition) is 0. The van der Waals surface area contributed by atoms with E-state index in [1.54, 1.807) is 24.3 Å².